The van der Waals surface area contributed by atoms with E-state index in [1.165, 1.54) is 19.2 Å². The molecule has 5 rings (SSSR count). The van der Waals surface area contributed by atoms with Gasteiger partial charge in [0.2, 0.25) is 17.9 Å². The number of aliphatic hydroxyl groups is 1. The number of carbonyl (C=O) groups excluding carboxylic acids is 1. The molecule has 0 bridgehead atoms. The van der Waals surface area contributed by atoms with Crippen LogP contribution in [0.5, 0.6) is 5.88 Å². The summed E-state index contributed by atoms with van der Waals surface area (Å²) < 4.78 is 25.1. The molecule has 0 aliphatic carbocycles. The van der Waals surface area contributed by atoms with E-state index in [0.717, 1.165) is 5.56 Å². The molecule has 1 fully saturated rings. The van der Waals surface area contributed by atoms with Gasteiger partial charge in [-0.15, -0.1) is 0 Å². The first-order chi connectivity index (χ1) is 19.9. The largest absolute Gasteiger partial charge is 0.481 e. The first-order valence-corrected chi connectivity index (χ1v) is 13.3. The second-order valence-electron chi connectivity index (χ2n) is 9.67. The van der Waals surface area contributed by atoms with E-state index in [1.54, 1.807) is 36.1 Å². The summed E-state index contributed by atoms with van der Waals surface area (Å²) in [6, 6.07) is 9.31. The average molecular weight is 566 g/mol. The Morgan fingerprint density at radius 2 is 2.07 bits per heavy atom. The minimum Gasteiger partial charge on any atom is -0.481 e. The quantitative estimate of drug-likeness (QED) is 0.344. The molecule has 4 heterocycles. The van der Waals surface area contributed by atoms with Crippen LogP contribution in [0, 0.1) is 12.7 Å². The second-order valence-corrected chi connectivity index (χ2v) is 9.67. The van der Waals surface area contributed by atoms with Crippen molar-refractivity contribution in [2.24, 2.45) is 5.16 Å². The van der Waals surface area contributed by atoms with Crippen LogP contribution in [0.3, 0.4) is 0 Å². The van der Waals surface area contributed by atoms with Crippen molar-refractivity contribution >= 4 is 17.7 Å². The fourth-order valence-electron chi connectivity index (χ4n) is 5.03. The number of nitrogen functional groups attached to an aromatic ring is 1. The van der Waals surface area contributed by atoms with Crippen molar-refractivity contribution in [1.29, 1.82) is 0 Å². The topological polar surface area (TPSA) is 157 Å². The van der Waals surface area contributed by atoms with Crippen LogP contribution in [0.2, 0.25) is 0 Å². The van der Waals surface area contributed by atoms with Crippen LogP contribution in [0.15, 0.2) is 41.6 Å². The number of benzene rings is 1. The van der Waals surface area contributed by atoms with Gasteiger partial charge in [0, 0.05) is 44.2 Å². The van der Waals surface area contributed by atoms with Gasteiger partial charge < -0.3 is 35.4 Å². The molecule has 0 radical (unpaired) electrons. The Hall–Kier alpha value is -4.36. The van der Waals surface area contributed by atoms with Gasteiger partial charge in [0.1, 0.15) is 5.82 Å². The third-order valence-electron chi connectivity index (χ3n) is 6.99. The molecule has 2 atom stereocenters. The van der Waals surface area contributed by atoms with Gasteiger partial charge in [-0.1, -0.05) is 17.3 Å². The number of ether oxygens (including phenoxy) is 2. The molecule has 0 spiro atoms. The number of morpholine rings is 1. The number of anilines is 1. The second kappa shape index (κ2) is 12.4. The maximum absolute atomic E-state index is 14.5. The predicted molar refractivity (Wildman–Crippen MR) is 147 cm³/mol. The highest BCUT2D eigenvalue weighted by Crippen LogP contribution is 2.34. The zero-order valence-corrected chi connectivity index (χ0v) is 22.8. The number of hydrogen-bond donors (Lipinski definition) is 3. The fraction of sp³-hybridized carbons (Fsp3) is 0.393. The van der Waals surface area contributed by atoms with E-state index in [4.69, 9.17) is 20.0 Å². The van der Waals surface area contributed by atoms with Crippen molar-refractivity contribution in [2.75, 3.05) is 45.8 Å². The third-order valence-corrected chi connectivity index (χ3v) is 6.99. The van der Waals surface area contributed by atoms with Crippen molar-refractivity contribution in [3.05, 3.63) is 64.7 Å². The van der Waals surface area contributed by atoms with Gasteiger partial charge in [0.15, 0.2) is 5.84 Å². The van der Waals surface area contributed by atoms with Gasteiger partial charge in [-0.2, -0.15) is 0 Å². The predicted octanol–water partition coefficient (Wildman–Crippen LogP) is 1.75. The number of amides is 1. The average Bonchev–Trinajstić information content (AvgIpc) is 2.98. The third kappa shape index (κ3) is 6.20. The standard InChI is InChI=1S/C28H32FN7O5/c1-16-25-22(34-28(30)31-16)15-21(18-7-6-17(29)14-19(18)20-4-3-5-24(32-20)39-2)33-26(25)35-41-23(8-11-37)27(38)36-9-12-40-13-10-36/h3-7,14,21,23,37H,8-13,15H2,1-2H3,(H,33,35)(H2,30,31,34). The van der Waals surface area contributed by atoms with Crippen molar-refractivity contribution in [3.8, 4) is 17.1 Å². The summed E-state index contributed by atoms with van der Waals surface area (Å²) >= 11 is 0. The summed E-state index contributed by atoms with van der Waals surface area (Å²) in [5, 5.41) is 17.4. The Morgan fingerprint density at radius 1 is 1.27 bits per heavy atom. The summed E-state index contributed by atoms with van der Waals surface area (Å²) in [5.41, 5.74) is 9.61. The van der Waals surface area contributed by atoms with Crippen molar-refractivity contribution in [3.63, 3.8) is 0 Å². The molecule has 3 aromatic rings. The van der Waals surface area contributed by atoms with E-state index >= 15 is 0 Å². The number of aryl methyl sites for hydroxylation is 1. The maximum Gasteiger partial charge on any atom is 0.266 e. The number of aliphatic hydroxyl groups excluding tert-OH is 1. The zero-order chi connectivity index (χ0) is 28.9. The Balaban J connectivity index is 1.52. The lowest BCUT2D eigenvalue weighted by molar-refractivity contribution is -0.148. The molecule has 2 aromatic heterocycles. The lowest BCUT2D eigenvalue weighted by Crippen LogP contribution is -2.46. The molecule has 1 amide bonds. The number of nitrogens with two attached hydrogens (primary N) is 1. The lowest BCUT2D eigenvalue weighted by atomic mass is 9.90. The highest BCUT2D eigenvalue weighted by atomic mass is 19.1. The number of rotatable bonds is 8. The van der Waals surface area contributed by atoms with Crippen LogP contribution < -0.4 is 15.8 Å². The monoisotopic (exact) mass is 565 g/mol. The maximum atomic E-state index is 14.5. The normalized spacial score (nSPS) is 18.4. The first-order valence-electron chi connectivity index (χ1n) is 13.3. The summed E-state index contributed by atoms with van der Waals surface area (Å²) in [6.07, 6.45) is -0.560. The number of methoxy groups -OCH3 is 1. The summed E-state index contributed by atoms with van der Waals surface area (Å²) in [4.78, 5) is 33.8. The molecule has 216 valence electrons. The summed E-state index contributed by atoms with van der Waals surface area (Å²) in [6.45, 7) is 3.25. The molecule has 1 saturated heterocycles. The number of amidine groups is 1. The SMILES string of the molecule is COc1cccc(-c2cc(F)ccc2C2Cc3nc(N)nc(C)c3C(=NOC(CCO)C(=O)N3CCOCC3)N2)n1. The van der Waals surface area contributed by atoms with E-state index in [0.29, 0.717) is 72.6 Å². The van der Waals surface area contributed by atoms with Gasteiger partial charge in [0.05, 0.1) is 49.0 Å². The van der Waals surface area contributed by atoms with E-state index in [-0.39, 0.29) is 24.9 Å². The fourth-order valence-corrected chi connectivity index (χ4v) is 5.03. The Kier molecular flexibility index (Phi) is 8.55. The van der Waals surface area contributed by atoms with Crippen LogP contribution in [0.25, 0.3) is 11.3 Å². The Bertz CT molecular complexity index is 1450. The number of hydrogen-bond acceptors (Lipinski definition) is 10. The molecule has 2 aliphatic rings. The molecule has 13 heteroatoms. The molecule has 41 heavy (non-hydrogen) atoms. The molecule has 2 aliphatic heterocycles. The zero-order valence-electron chi connectivity index (χ0n) is 22.8. The van der Waals surface area contributed by atoms with Gasteiger partial charge in [-0.3, -0.25) is 4.79 Å². The van der Waals surface area contributed by atoms with Gasteiger partial charge >= 0.3 is 0 Å². The smallest absolute Gasteiger partial charge is 0.266 e. The van der Waals surface area contributed by atoms with Crippen LogP contribution in [-0.2, 0) is 20.8 Å². The van der Waals surface area contributed by atoms with E-state index in [1.807, 2.05) is 0 Å². The first kappa shape index (κ1) is 28.2. The van der Waals surface area contributed by atoms with Gasteiger partial charge in [0.25, 0.3) is 5.91 Å². The summed E-state index contributed by atoms with van der Waals surface area (Å²) in [5.74, 6) is 0.0930. The number of pyridine rings is 1. The number of carbonyl (C=O) groups is 1. The van der Waals surface area contributed by atoms with E-state index in [9.17, 15) is 14.3 Å². The van der Waals surface area contributed by atoms with Crippen molar-refractivity contribution < 1.29 is 28.6 Å². The van der Waals surface area contributed by atoms with Crippen LogP contribution in [0.1, 0.15) is 35.0 Å². The molecule has 4 N–H and O–H groups in total. The van der Waals surface area contributed by atoms with Gasteiger partial charge in [-0.25, -0.2) is 19.3 Å². The Labute approximate surface area is 236 Å². The number of halogens is 1. The minimum absolute atomic E-state index is 0.0596. The van der Waals surface area contributed by atoms with Crippen molar-refractivity contribution in [1.82, 2.24) is 25.2 Å². The van der Waals surface area contributed by atoms with Crippen molar-refractivity contribution in [2.45, 2.75) is 31.9 Å². The van der Waals surface area contributed by atoms with Crippen LogP contribution >= 0.6 is 0 Å². The number of fused-ring (bicyclic) bond motifs is 1. The number of aromatic nitrogens is 3. The van der Waals surface area contributed by atoms with Crippen LogP contribution in [-0.4, -0.2) is 82.8 Å². The van der Waals surface area contributed by atoms with E-state index in [2.05, 4.69) is 25.4 Å². The number of nitrogens with one attached hydrogen (secondary N) is 1. The Morgan fingerprint density at radius 3 is 2.83 bits per heavy atom. The molecular weight excluding hydrogens is 533 g/mol. The number of nitrogens with zero attached hydrogens (tertiary/aromatic N) is 5. The van der Waals surface area contributed by atoms with E-state index < -0.39 is 18.0 Å². The highest BCUT2D eigenvalue weighted by Gasteiger charge is 2.32. The number of oxime groups is 1. The highest BCUT2D eigenvalue weighted by molar-refractivity contribution is 6.02. The lowest BCUT2D eigenvalue weighted by Gasteiger charge is -2.31. The summed E-state index contributed by atoms with van der Waals surface area (Å²) in [7, 11) is 1.52. The van der Waals surface area contributed by atoms with Crippen LogP contribution in [0.4, 0.5) is 10.3 Å². The molecule has 0 saturated carbocycles. The molecule has 1 aromatic carbocycles. The van der Waals surface area contributed by atoms with Gasteiger partial charge in [-0.05, 0) is 30.7 Å². The molecular formula is C28H32FN7O5. The molecule has 2 unspecified atom stereocenters. The molecule has 12 nitrogen and oxygen atoms in total. The minimum atomic E-state index is -1.01.